The van der Waals surface area contributed by atoms with E-state index in [9.17, 15) is 5.11 Å². The lowest BCUT2D eigenvalue weighted by molar-refractivity contribution is 0.112. The minimum Gasteiger partial charge on any atom is -0.387 e. The second-order valence-electron chi connectivity index (χ2n) is 7.37. The second-order valence-corrected chi connectivity index (χ2v) is 7.78. The van der Waals surface area contributed by atoms with Crippen LogP contribution in [0.25, 0.3) is 21.5 Å². The first kappa shape index (κ1) is 20.1. The summed E-state index contributed by atoms with van der Waals surface area (Å²) in [7, 11) is 0. The summed E-state index contributed by atoms with van der Waals surface area (Å²) < 4.78 is 0. The van der Waals surface area contributed by atoms with Gasteiger partial charge in [0.2, 0.25) is 0 Å². The topological polar surface area (TPSA) is 23.5 Å². The van der Waals surface area contributed by atoms with Crippen LogP contribution in [0.2, 0.25) is 5.02 Å². The number of hydrogen-bond acceptors (Lipinski definition) is 2. The highest BCUT2D eigenvalue weighted by Gasteiger charge is 2.17. The summed E-state index contributed by atoms with van der Waals surface area (Å²) in [6.45, 7) is 7.19. The highest BCUT2D eigenvalue weighted by Crippen LogP contribution is 2.35. The van der Waals surface area contributed by atoms with E-state index in [1.165, 1.54) is 25.7 Å². The van der Waals surface area contributed by atoms with E-state index in [1.54, 1.807) is 0 Å². The quantitative estimate of drug-likeness (QED) is 0.421. The minimum absolute atomic E-state index is 0.514. The Morgan fingerprint density at radius 3 is 2.11 bits per heavy atom. The molecule has 0 aromatic heterocycles. The number of aliphatic hydroxyl groups is 1. The predicted octanol–water partition coefficient (Wildman–Crippen LogP) is 6.58. The number of benzene rings is 3. The molecule has 0 fully saturated rings. The molecular formula is C24H30ClNO. The minimum atomic E-state index is -0.514. The summed E-state index contributed by atoms with van der Waals surface area (Å²) in [5.41, 5.74) is 0.971. The molecule has 27 heavy (non-hydrogen) atoms. The Bertz CT molecular complexity index is 884. The van der Waals surface area contributed by atoms with Crippen LogP contribution in [0.4, 0.5) is 0 Å². The molecule has 0 saturated carbocycles. The van der Waals surface area contributed by atoms with Crippen LogP contribution in [0.1, 0.15) is 51.2 Å². The van der Waals surface area contributed by atoms with Gasteiger partial charge in [-0.1, -0.05) is 80.8 Å². The summed E-state index contributed by atoms with van der Waals surface area (Å²) >= 11 is 6.56. The lowest BCUT2D eigenvalue weighted by atomic mass is 9.95. The Morgan fingerprint density at radius 1 is 0.852 bits per heavy atom. The van der Waals surface area contributed by atoms with Crippen molar-refractivity contribution in [3.8, 4) is 0 Å². The van der Waals surface area contributed by atoms with Gasteiger partial charge in [0.15, 0.2) is 0 Å². The number of fused-ring (bicyclic) bond motifs is 3. The first-order chi connectivity index (χ1) is 13.2. The molecule has 0 aliphatic heterocycles. The van der Waals surface area contributed by atoms with Gasteiger partial charge in [-0.25, -0.2) is 0 Å². The number of rotatable bonds is 9. The van der Waals surface area contributed by atoms with Crippen molar-refractivity contribution in [1.82, 2.24) is 4.90 Å². The summed E-state index contributed by atoms with van der Waals surface area (Å²) in [6.07, 6.45) is 4.17. The van der Waals surface area contributed by atoms with Crippen LogP contribution in [0.15, 0.2) is 48.5 Å². The molecule has 1 atom stereocenters. The summed E-state index contributed by atoms with van der Waals surface area (Å²) in [5.74, 6) is 0. The van der Waals surface area contributed by atoms with Crippen molar-refractivity contribution < 1.29 is 5.11 Å². The number of aliphatic hydroxyl groups excluding tert-OH is 1. The fraction of sp³-hybridized carbons (Fsp3) is 0.417. The van der Waals surface area contributed by atoms with E-state index in [-0.39, 0.29) is 0 Å². The zero-order chi connectivity index (χ0) is 19.2. The van der Waals surface area contributed by atoms with Crippen molar-refractivity contribution in [3.05, 3.63) is 59.1 Å². The van der Waals surface area contributed by atoms with E-state index in [2.05, 4.69) is 36.9 Å². The lowest BCUT2D eigenvalue weighted by Gasteiger charge is -2.26. The largest absolute Gasteiger partial charge is 0.387 e. The Morgan fingerprint density at radius 2 is 1.44 bits per heavy atom. The molecule has 3 heteroatoms. The van der Waals surface area contributed by atoms with Crippen molar-refractivity contribution >= 4 is 33.1 Å². The van der Waals surface area contributed by atoms with Gasteiger partial charge in [-0.05, 0) is 53.7 Å². The fourth-order valence-electron chi connectivity index (χ4n) is 3.80. The Labute approximate surface area is 167 Å². The van der Waals surface area contributed by atoms with Crippen molar-refractivity contribution in [3.63, 3.8) is 0 Å². The van der Waals surface area contributed by atoms with E-state index in [1.807, 2.05) is 30.3 Å². The summed E-state index contributed by atoms with van der Waals surface area (Å²) in [4.78, 5) is 2.40. The van der Waals surface area contributed by atoms with Crippen molar-refractivity contribution in [2.45, 2.75) is 45.6 Å². The van der Waals surface area contributed by atoms with Crippen molar-refractivity contribution in [2.75, 3.05) is 19.6 Å². The van der Waals surface area contributed by atoms with Gasteiger partial charge in [-0.3, -0.25) is 0 Å². The van der Waals surface area contributed by atoms with E-state index in [4.69, 9.17) is 11.6 Å². The molecule has 3 rings (SSSR count). The molecule has 3 aromatic carbocycles. The predicted molar refractivity (Wildman–Crippen MR) is 118 cm³/mol. The zero-order valence-electron chi connectivity index (χ0n) is 16.4. The van der Waals surface area contributed by atoms with Gasteiger partial charge in [0, 0.05) is 17.0 Å². The van der Waals surface area contributed by atoms with Crippen LogP contribution < -0.4 is 0 Å². The van der Waals surface area contributed by atoms with E-state index >= 15 is 0 Å². The Kier molecular flexibility index (Phi) is 7.12. The van der Waals surface area contributed by atoms with Crippen LogP contribution in [0.5, 0.6) is 0 Å². The standard InChI is InChI=1S/C24H30ClNO/c1-3-5-14-26(15-6-4-2)17-24(27)21-13-9-12-19-18-10-7-8-11-20(18)23(25)16-22(19)21/h7-13,16,24,27H,3-6,14-15,17H2,1-2H3/t24-/m1/s1. The van der Waals surface area contributed by atoms with Crippen LogP contribution in [-0.4, -0.2) is 29.6 Å². The summed E-state index contributed by atoms with van der Waals surface area (Å²) in [6, 6.07) is 16.4. The zero-order valence-corrected chi connectivity index (χ0v) is 17.2. The number of nitrogens with zero attached hydrogens (tertiary/aromatic N) is 1. The third-order valence-corrected chi connectivity index (χ3v) is 5.64. The van der Waals surface area contributed by atoms with Crippen molar-refractivity contribution in [2.24, 2.45) is 0 Å². The van der Waals surface area contributed by atoms with E-state index in [0.29, 0.717) is 6.54 Å². The van der Waals surface area contributed by atoms with Crippen LogP contribution in [0, 0.1) is 0 Å². The maximum absolute atomic E-state index is 11.1. The van der Waals surface area contributed by atoms with Gasteiger partial charge >= 0.3 is 0 Å². The average Bonchev–Trinajstić information content (AvgIpc) is 2.69. The summed E-state index contributed by atoms with van der Waals surface area (Å²) in [5, 5.41) is 16.2. The van der Waals surface area contributed by atoms with Gasteiger partial charge < -0.3 is 10.0 Å². The highest BCUT2D eigenvalue weighted by atomic mass is 35.5. The maximum Gasteiger partial charge on any atom is 0.0922 e. The maximum atomic E-state index is 11.1. The van der Waals surface area contributed by atoms with Gasteiger partial charge in [0.25, 0.3) is 0 Å². The van der Waals surface area contributed by atoms with Gasteiger partial charge in [-0.15, -0.1) is 0 Å². The molecule has 3 aromatic rings. The Balaban J connectivity index is 1.95. The molecule has 144 valence electrons. The van der Waals surface area contributed by atoms with Crippen molar-refractivity contribution in [1.29, 1.82) is 0 Å². The van der Waals surface area contributed by atoms with Crippen LogP contribution in [-0.2, 0) is 0 Å². The van der Waals surface area contributed by atoms with Gasteiger partial charge in [0.1, 0.15) is 0 Å². The van der Waals surface area contributed by atoms with Crippen LogP contribution >= 0.6 is 11.6 Å². The molecule has 2 nitrogen and oxygen atoms in total. The lowest BCUT2D eigenvalue weighted by Crippen LogP contribution is -2.30. The smallest absolute Gasteiger partial charge is 0.0922 e. The third kappa shape index (κ3) is 4.63. The second kappa shape index (κ2) is 9.54. The number of unbranched alkanes of at least 4 members (excludes halogenated alkanes) is 2. The average molecular weight is 384 g/mol. The molecule has 0 heterocycles. The first-order valence-corrected chi connectivity index (χ1v) is 10.5. The van der Waals surface area contributed by atoms with Gasteiger partial charge in [0.05, 0.1) is 6.10 Å². The highest BCUT2D eigenvalue weighted by molar-refractivity contribution is 6.37. The van der Waals surface area contributed by atoms with Gasteiger partial charge in [-0.2, -0.15) is 0 Å². The third-order valence-electron chi connectivity index (χ3n) is 5.33. The van der Waals surface area contributed by atoms with Crippen LogP contribution in [0.3, 0.4) is 0 Å². The molecule has 1 N–H and O–H groups in total. The molecule has 0 aliphatic rings. The number of hydrogen-bond donors (Lipinski definition) is 1. The number of halogens is 1. The Hall–Kier alpha value is -1.61. The fourth-order valence-corrected chi connectivity index (χ4v) is 4.07. The molecule has 0 saturated heterocycles. The van der Waals surface area contributed by atoms with E-state index < -0.39 is 6.10 Å². The van der Waals surface area contributed by atoms with E-state index in [0.717, 1.165) is 45.2 Å². The molecule has 0 amide bonds. The normalized spacial score (nSPS) is 12.9. The molecule has 0 spiro atoms. The molecular weight excluding hydrogens is 354 g/mol. The first-order valence-electron chi connectivity index (χ1n) is 10.2. The SMILES string of the molecule is CCCCN(CCCC)C[C@@H](O)c1cccc2c1cc(Cl)c1ccccc12. The molecule has 0 bridgehead atoms. The monoisotopic (exact) mass is 383 g/mol. The molecule has 0 unspecified atom stereocenters. The molecule has 0 aliphatic carbocycles. The molecule has 0 radical (unpaired) electrons.